The van der Waals surface area contributed by atoms with Crippen molar-refractivity contribution in [3.8, 4) is 0 Å². The topological polar surface area (TPSA) is 112 Å². The maximum Gasteiger partial charge on any atom is 0.295 e. The maximum atomic E-state index is 14.3. The molecule has 14 heteroatoms. The zero-order chi connectivity index (χ0) is 30.5. The molecule has 3 aromatic rings. The summed E-state index contributed by atoms with van der Waals surface area (Å²) in [7, 11) is -3.77. The monoisotopic (exact) mass is 624 g/mol. The van der Waals surface area contributed by atoms with Gasteiger partial charge in [0.1, 0.15) is 17.5 Å². The molecule has 1 aromatic carbocycles. The van der Waals surface area contributed by atoms with Gasteiger partial charge >= 0.3 is 0 Å². The Labute approximate surface area is 245 Å². The first kappa shape index (κ1) is 29.9. The van der Waals surface area contributed by atoms with Crippen molar-refractivity contribution in [3.63, 3.8) is 0 Å². The van der Waals surface area contributed by atoms with Gasteiger partial charge in [0, 0.05) is 38.2 Å². The number of benzene rings is 1. The quantitative estimate of drug-likeness (QED) is 0.294. The van der Waals surface area contributed by atoms with Crippen LogP contribution in [0.3, 0.4) is 0 Å². The van der Waals surface area contributed by atoms with Crippen LogP contribution in [0.5, 0.6) is 0 Å². The minimum Gasteiger partial charge on any atom is -0.381 e. The molecule has 232 valence electrons. The molecule has 3 atom stereocenters. The van der Waals surface area contributed by atoms with Crippen LogP contribution in [0, 0.1) is 5.92 Å². The highest BCUT2D eigenvalue weighted by Gasteiger charge is 2.60. The van der Waals surface area contributed by atoms with Crippen LogP contribution in [0.15, 0.2) is 29.2 Å². The Balaban J connectivity index is 1.46. The second-order valence-electron chi connectivity index (χ2n) is 11.5. The van der Waals surface area contributed by atoms with Gasteiger partial charge in [-0.15, -0.1) is 0 Å². The summed E-state index contributed by atoms with van der Waals surface area (Å²) in [5, 5.41) is 3.04. The molecule has 1 saturated carbocycles. The number of sulfone groups is 1. The van der Waals surface area contributed by atoms with Crippen molar-refractivity contribution < 1.29 is 40.2 Å². The van der Waals surface area contributed by atoms with E-state index in [1.54, 1.807) is 18.2 Å². The molecular formula is C29H32F4N4O5S. The highest BCUT2D eigenvalue weighted by Crippen LogP contribution is 2.49. The van der Waals surface area contributed by atoms with E-state index in [1.807, 2.05) is 0 Å². The average molecular weight is 625 g/mol. The van der Waals surface area contributed by atoms with Gasteiger partial charge < -0.3 is 14.8 Å². The molecule has 0 bridgehead atoms. The van der Waals surface area contributed by atoms with Gasteiger partial charge in [-0.3, -0.25) is 9.36 Å². The number of rotatable bonds is 9. The van der Waals surface area contributed by atoms with E-state index in [-0.39, 0.29) is 39.0 Å². The van der Waals surface area contributed by atoms with Crippen molar-refractivity contribution in [2.45, 2.75) is 74.3 Å². The van der Waals surface area contributed by atoms with E-state index in [2.05, 4.69) is 15.3 Å². The number of alkyl halides is 4. The van der Waals surface area contributed by atoms with Crippen LogP contribution in [0.2, 0.25) is 0 Å². The molecule has 2 aromatic heterocycles. The van der Waals surface area contributed by atoms with Gasteiger partial charge in [-0.05, 0) is 55.9 Å². The van der Waals surface area contributed by atoms with Crippen LogP contribution < -0.4 is 5.32 Å². The van der Waals surface area contributed by atoms with E-state index in [0.717, 1.165) is 37.5 Å². The largest absolute Gasteiger partial charge is 0.381 e. The number of nitrogens with zero attached hydrogens (tertiary/aromatic N) is 3. The molecule has 0 amide bonds. The average Bonchev–Trinajstić information content (AvgIpc) is 3.44. The molecular weight excluding hydrogens is 592 g/mol. The van der Waals surface area contributed by atoms with E-state index in [4.69, 9.17) is 9.47 Å². The van der Waals surface area contributed by atoms with E-state index >= 15 is 0 Å². The molecule has 1 N–H and O–H groups in total. The Kier molecular flexibility index (Phi) is 7.96. The lowest BCUT2D eigenvalue weighted by atomic mass is 9.93. The Hall–Kier alpha value is -3.10. The van der Waals surface area contributed by atoms with Crippen LogP contribution in [-0.2, 0) is 30.5 Å². The Bertz CT molecular complexity index is 1650. The molecule has 6 rings (SSSR count). The molecule has 3 fully saturated rings. The van der Waals surface area contributed by atoms with Crippen LogP contribution >= 0.6 is 0 Å². The lowest BCUT2D eigenvalue weighted by molar-refractivity contribution is -0.121. The van der Waals surface area contributed by atoms with E-state index < -0.39 is 58.8 Å². The molecule has 3 aliphatic rings. The van der Waals surface area contributed by atoms with Gasteiger partial charge in [-0.1, -0.05) is 6.07 Å². The molecule has 2 saturated heterocycles. The number of pyridine rings is 1. The van der Waals surface area contributed by atoms with Crippen molar-refractivity contribution in [2.24, 2.45) is 5.92 Å². The van der Waals surface area contributed by atoms with Gasteiger partial charge in [0.2, 0.25) is 0 Å². The molecule has 43 heavy (non-hydrogen) atoms. The predicted molar refractivity (Wildman–Crippen MR) is 149 cm³/mol. The van der Waals surface area contributed by atoms with Crippen molar-refractivity contribution >= 4 is 38.2 Å². The molecule has 9 nitrogen and oxygen atoms in total. The van der Waals surface area contributed by atoms with E-state index in [0.29, 0.717) is 26.2 Å². The lowest BCUT2D eigenvalue weighted by Gasteiger charge is -2.25. The number of hydrogen-bond acceptors (Lipinski definition) is 8. The molecule has 1 aliphatic carbocycles. The fourth-order valence-electron chi connectivity index (χ4n) is 5.90. The summed E-state index contributed by atoms with van der Waals surface area (Å²) < 4.78 is 94.3. The smallest absolute Gasteiger partial charge is 0.295 e. The number of ether oxygens (including phenoxy) is 2. The number of halogens is 4. The van der Waals surface area contributed by atoms with Crippen LogP contribution in [0.25, 0.3) is 11.2 Å². The summed E-state index contributed by atoms with van der Waals surface area (Å²) in [6, 6.07) is 6.34. The van der Waals surface area contributed by atoms with Crippen molar-refractivity contribution in [1.29, 1.82) is 0 Å². The fourth-order valence-corrected chi connectivity index (χ4v) is 6.77. The van der Waals surface area contributed by atoms with Crippen molar-refractivity contribution in [2.75, 3.05) is 31.4 Å². The van der Waals surface area contributed by atoms with Crippen LogP contribution in [-0.4, -0.2) is 60.7 Å². The summed E-state index contributed by atoms with van der Waals surface area (Å²) in [6.07, 6.45) is -0.0974. The number of ketones is 1. The molecule has 2 unspecified atom stereocenters. The number of nitrogens with one attached hydrogen (secondary N) is 1. The van der Waals surface area contributed by atoms with E-state index in [1.165, 1.54) is 10.6 Å². The summed E-state index contributed by atoms with van der Waals surface area (Å²) >= 11 is 0. The highest BCUT2D eigenvalue weighted by atomic mass is 32.2. The third kappa shape index (κ3) is 6.14. The predicted octanol–water partition coefficient (Wildman–Crippen LogP) is 5.88. The first-order valence-corrected chi connectivity index (χ1v) is 16.2. The number of imidazole rings is 1. The number of fused-ring (bicyclic) bond motifs is 1. The first-order valence-electron chi connectivity index (χ1n) is 14.3. The number of carbonyl (C=O) groups excluding carboxylic acids is 1. The van der Waals surface area contributed by atoms with E-state index in [9.17, 15) is 30.8 Å². The number of aromatic nitrogens is 3. The van der Waals surface area contributed by atoms with Crippen molar-refractivity contribution in [1.82, 2.24) is 14.5 Å². The van der Waals surface area contributed by atoms with Crippen molar-refractivity contribution in [3.05, 3.63) is 41.3 Å². The number of carbonyl (C=O) groups is 1. The molecule has 2 aliphatic heterocycles. The summed E-state index contributed by atoms with van der Waals surface area (Å²) in [5.74, 6) is -5.77. The van der Waals surface area contributed by atoms with Crippen LogP contribution in [0.4, 0.5) is 28.9 Å². The van der Waals surface area contributed by atoms with Gasteiger partial charge in [0.05, 0.1) is 34.5 Å². The minimum atomic E-state index is -3.77. The van der Waals surface area contributed by atoms with Gasteiger partial charge in [-0.2, -0.15) is 0 Å². The second kappa shape index (κ2) is 11.4. The summed E-state index contributed by atoms with van der Waals surface area (Å²) in [4.78, 5) is 21.3. The van der Waals surface area contributed by atoms with Gasteiger partial charge in [0.25, 0.3) is 12.3 Å². The SMILES string of the molecule is CS(=O)(=O)c1cc([C@H]2CCCOC2)ccc1Nc1cc(CC(=O)C2CC2(F)F)nc2c1nc(C(F)F)n2C1CCCCO1. The minimum absolute atomic E-state index is 0.00515. The fraction of sp³-hybridized carbons (Fsp3) is 0.552. The molecule has 0 spiro atoms. The zero-order valence-electron chi connectivity index (χ0n) is 23.5. The second-order valence-corrected chi connectivity index (χ2v) is 13.5. The standard InChI is InChI=1S/C29H32F4N4O5S/c1-43(39,40)23-11-16(17-5-4-9-41-15-17)7-8-20(23)35-21-12-18(13-22(38)19-14-29(19,32)33)34-27-25(21)36-28(26(30)31)37(27)24-6-2-3-10-42-24/h7-8,11-12,17,19,24,26H,2-6,9-10,13-15H2,1H3,(H,34,35)/t17-,19?,24?/m0/s1. The summed E-state index contributed by atoms with van der Waals surface area (Å²) in [6.45, 7) is 1.47. The molecule has 0 radical (unpaired) electrons. The number of Topliss-reactive ketones (excluding diaryl/α,β-unsaturated/α-hetero) is 1. The summed E-state index contributed by atoms with van der Waals surface area (Å²) in [5.41, 5.74) is 1.16. The zero-order valence-corrected chi connectivity index (χ0v) is 24.3. The normalized spacial score (nSPS) is 23.9. The van der Waals surface area contributed by atoms with Crippen LogP contribution in [0.1, 0.15) is 74.2 Å². The number of hydrogen-bond donors (Lipinski definition) is 1. The van der Waals surface area contributed by atoms with Gasteiger partial charge in [-0.25, -0.2) is 35.9 Å². The first-order chi connectivity index (χ1) is 20.4. The third-order valence-electron chi connectivity index (χ3n) is 8.24. The third-order valence-corrected chi connectivity index (χ3v) is 9.38. The Morgan fingerprint density at radius 3 is 2.53 bits per heavy atom. The maximum absolute atomic E-state index is 14.3. The highest BCUT2D eigenvalue weighted by molar-refractivity contribution is 7.90. The Morgan fingerprint density at radius 1 is 1.12 bits per heavy atom. The number of anilines is 2. The Morgan fingerprint density at radius 2 is 1.91 bits per heavy atom. The lowest BCUT2D eigenvalue weighted by Crippen LogP contribution is -2.21. The van der Waals surface area contributed by atoms with Gasteiger partial charge in [0.15, 0.2) is 21.3 Å². The molecule has 4 heterocycles.